The summed E-state index contributed by atoms with van der Waals surface area (Å²) in [4.78, 5) is 17.1. The number of primary amides is 1. The average molecular weight is 443 g/mol. The summed E-state index contributed by atoms with van der Waals surface area (Å²) in [5.41, 5.74) is 4.83. The van der Waals surface area contributed by atoms with Gasteiger partial charge in [-0.05, 0) is 38.1 Å². The van der Waals surface area contributed by atoms with E-state index in [0.717, 1.165) is 18.2 Å². The van der Waals surface area contributed by atoms with Gasteiger partial charge in [0.1, 0.15) is 17.5 Å². The zero-order valence-corrected chi connectivity index (χ0v) is 16.9. The van der Waals surface area contributed by atoms with Crippen LogP contribution in [0, 0.1) is 17.5 Å². The molecular formula is C20H22F5N5O. The molecule has 31 heavy (non-hydrogen) atoms. The molecule has 1 fully saturated rings. The topological polar surface area (TPSA) is 83.3 Å². The molecule has 2 aromatic rings. The number of rotatable bonds is 6. The lowest BCUT2D eigenvalue weighted by molar-refractivity contribution is -0.0685. The molecule has 6 nitrogen and oxygen atoms in total. The van der Waals surface area contributed by atoms with Gasteiger partial charge in [0.2, 0.25) is 0 Å². The quantitative estimate of drug-likeness (QED) is 0.595. The van der Waals surface area contributed by atoms with E-state index in [1.165, 1.54) is 19.0 Å². The van der Waals surface area contributed by atoms with Gasteiger partial charge in [-0.1, -0.05) is 0 Å². The number of nitrogens with one attached hydrogen (secondary N) is 2. The van der Waals surface area contributed by atoms with Gasteiger partial charge in [-0.3, -0.25) is 4.79 Å². The second kappa shape index (κ2) is 8.66. The Kier molecular flexibility index (Phi) is 6.35. The number of carbonyl (C=O) groups is 1. The van der Waals surface area contributed by atoms with Gasteiger partial charge in [-0.15, -0.1) is 0 Å². The number of nitrogens with two attached hydrogens (primary N) is 1. The van der Waals surface area contributed by atoms with E-state index in [0.29, 0.717) is 12.5 Å². The largest absolute Gasteiger partial charge is 0.365 e. The molecule has 3 rings (SSSR count). The minimum atomic E-state index is -3.00. The van der Waals surface area contributed by atoms with Crippen LogP contribution in [0.5, 0.6) is 0 Å². The minimum Gasteiger partial charge on any atom is -0.365 e. The molecule has 1 saturated carbocycles. The van der Waals surface area contributed by atoms with E-state index < -0.39 is 41.4 Å². The van der Waals surface area contributed by atoms with E-state index in [-0.39, 0.29) is 35.7 Å². The molecule has 2 unspecified atom stereocenters. The number of anilines is 3. The first-order chi connectivity index (χ1) is 14.5. The van der Waals surface area contributed by atoms with Gasteiger partial charge in [0.15, 0.2) is 11.6 Å². The average Bonchev–Trinajstić information content (AvgIpc) is 2.66. The fraction of sp³-hybridized carbons (Fsp3) is 0.400. The van der Waals surface area contributed by atoms with Crippen LogP contribution in [0.2, 0.25) is 0 Å². The standard InChI is InChI=1S/C20H22F5N5O/c1-27-16-15(4-3-5-20(16,24)25)30(2)19-14(23)9-13(17(26)31)18(29-19)28-12-7-10(21)6-11(22)8-12/h6-9,15-16,27H,3-5H2,1-2H3,(H2,26,31)(H,28,29). The maximum atomic E-state index is 14.8. The van der Waals surface area contributed by atoms with Gasteiger partial charge < -0.3 is 21.3 Å². The first-order valence-electron chi connectivity index (χ1n) is 9.55. The predicted octanol–water partition coefficient (Wildman–Crippen LogP) is 3.55. The van der Waals surface area contributed by atoms with Crippen molar-refractivity contribution in [3.05, 3.63) is 47.3 Å². The third-order valence-electron chi connectivity index (χ3n) is 5.34. The van der Waals surface area contributed by atoms with E-state index in [1.807, 2.05) is 0 Å². The Morgan fingerprint density at radius 2 is 1.84 bits per heavy atom. The van der Waals surface area contributed by atoms with Crippen LogP contribution in [0.15, 0.2) is 24.3 Å². The SMILES string of the molecule is CNC1C(N(C)c2nc(Nc3cc(F)cc(F)c3)c(C(N)=O)cc2F)CCCC1(F)F. The third-order valence-corrected chi connectivity index (χ3v) is 5.34. The van der Waals surface area contributed by atoms with Crippen LogP contribution in [0.25, 0.3) is 0 Å². The Hall–Kier alpha value is -2.95. The summed E-state index contributed by atoms with van der Waals surface area (Å²) < 4.78 is 70.6. The molecule has 1 aromatic carbocycles. The van der Waals surface area contributed by atoms with Crippen molar-refractivity contribution in [1.29, 1.82) is 0 Å². The maximum Gasteiger partial charge on any atom is 0.265 e. The number of alkyl halides is 2. The molecular weight excluding hydrogens is 421 g/mol. The molecule has 0 spiro atoms. The third kappa shape index (κ3) is 4.71. The van der Waals surface area contributed by atoms with E-state index in [9.17, 15) is 26.7 Å². The van der Waals surface area contributed by atoms with Crippen LogP contribution >= 0.6 is 0 Å². The summed E-state index contributed by atoms with van der Waals surface area (Å²) in [5, 5.41) is 5.15. The van der Waals surface area contributed by atoms with Gasteiger partial charge >= 0.3 is 0 Å². The molecule has 0 aliphatic heterocycles. The molecule has 1 heterocycles. The number of carbonyl (C=O) groups excluding carboxylic acids is 1. The highest BCUT2D eigenvalue weighted by atomic mass is 19.3. The van der Waals surface area contributed by atoms with E-state index in [1.54, 1.807) is 0 Å². The van der Waals surface area contributed by atoms with Crippen LogP contribution in [0.1, 0.15) is 29.6 Å². The second-order valence-electron chi connectivity index (χ2n) is 7.44. The minimum absolute atomic E-state index is 0.0926. The monoisotopic (exact) mass is 443 g/mol. The fourth-order valence-electron chi connectivity index (χ4n) is 3.90. The van der Waals surface area contributed by atoms with Gasteiger partial charge in [0.05, 0.1) is 17.6 Å². The van der Waals surface area contributed by atoms with Gasteiger partial charge in [0.25, 0.3) is 11.8 Å². The van der Waals surface area contributed by atoms with Crippen molar-refractivity contribution in [1.82, 2.24) is 10.3 Å². The highest BCUT2D eigenvalue weighted by Crippen LogP contribution is 2.37. The van der Waals surface area contributed by atoms with Crippen LogP contribution in [-0.4, -0.2) is 43.0 Å². The smallest absolute Gasteiger partial charge is 0.265 e. The molecule has 2 atom stereocenters. The molecule has 11 heteroatoms. The zero-order chi connectivity index (χ0) is 22.9. The summed E-state index contributed by atoms with van der Waals surface area (Å²) in [7, 11) is 2.81. The molecule has 0 saturated heterocycles. The summed E-state index contributed by atoms with van der Waals surface area (Å²) in [6.07, 6.45) is 0.292. The number of pyridine rings is 1. The molecule has 1 aliphatic rings. The Morgan fingerprint density at radius 3 is 2.42 bits per heavy atom. The van der Waals surface area contributed by atoms with Crippen LogP contribution in [0.3, 0.4) is 0 Å². The number of nitrogens with zero attached hydrogens (tertiary/aromatic N) is 2. The number of aromatic nitrogens is 1. The first-order valence-corrected chi connectivity index (χ1v) is 9.55. The van der Waals surface area contributed by atoms with E-state index in [2.05, 4.69) is 15.6 Å². The van der Waals surface area contributed by atoms with Crippen LogP contribution < -0.4 is 21.3 Å². The van der Waals surface area contributed by atoms with E-state index >= 15 is 0 Å². The molecule has 1 amide bonds. The van der Waals surface area contributed by atoms with Crippen molar-refractivity contribution >= 4 is 23.2 Å². The Morgan fingerprint density at radius 1 is 1.19 bits per heavy atom. The molecule has 1 aliphatic carbocycles. The van der Waals surface area contributed by atoms with E-state index in [4.69, 9.17) is 5.73 Å². The molecule has 4 N–H and O–H groups in total. The lowest BCUT2D eigenvalue weighted by Crippen LogP contribution is -2.59. The Labute approximate surface area is 175 Å². The first kappa shape index (κ1) is 22.7. The number of hydrogen-bond acceptors (Lipinski definition) is 5. The molecule has 1 aromatic heterocycles. The van der Waals surface area contributed by atoms with Crippen molar-refractivity contribution in [2.24, 2.45) is 5.73 Å². The van der Waals surface area contributed by atoms with Gasteiger partial charge in [-0.2, -0.15) is 0 Å². The van der Waals surface area contributed by atoms with Crippen molar-refractivity contribution in [3.63, 3.8) is 0 Å². The molecule has 0 bridgehead atoms. The highest BCUT2D eigenvalue weighted by Gasteiger charge is 2.48. The van der Waals surface area contributed by atoms with Crippen molar-refractivity contribution < 1.29 is 26.7 Å². The van der Waals surface area contributed by atoms with Crippen molar-refractivity contribution in [3.8, 4) is 0 Å². The highest BCUT2D eigenvalue weighted by molar-refractivity contribution is 5.98. The van der Waals surface area contributed by atoms with Crippen LogP contribution in [0.4, 0.5) is 39.3 Å². The summed E-state index contributed by atoms with van der Waals surface area (Å²) in [5.74, 6) is -7.33. The number of halogens is 5. The van der Waals surface area contributed by atoms with Crippen LogP contribution in [-0.2, 0) is 0 Å². The predicted molar refractivity (Wildman–Crippen MR) is 106 cm³/mol. The van der Waals surface area contributed by atoms with Crippen molar-refractivity contribution in [2.75, 3.05) is 24.3 Å². The number of benzene rings is 1. The number of likely N-dealkylation sites (N-methyl/N-ethyl adjacent to an activating group) is 2. The fourth-order valence-corrected chi connectivity index (χ4v) is 3.90. The van der Waals surface area contributed by atoms with Gasteiger partial charge in [-0.25, -0.2) is 26.9 Å². The lowest BCUT2D eigenvalue weighted by Gasteiger charge is -2.42. The molecule has 168 valence electrons. The summed E-state index contributed by atoms with van der Waals surface area (Å²) >= 11 is 0. The second-order valence-corrected chi connectivity index (χ2v) is 7.44. The Balaban J connectivity index is 2.02. The summed E-state index contributed by atoms with van der Waals surface area (Å²) in [6, 6.07) is 1.31. The Bertz CT molecular complexity index is 966. The normalized spacial score (nSPS) is 20.4. The summed E-state index contributed by atoms with van der Waals surface area (Å²) in [6.45, 7) is 0. The molecule has 0 radical (unpaired) electrons. The van der Waals surface area contributed by atoms with Crippen molar-refractivity contribution in [2.45, 2.75) is 37.3 Å². The zero-order valence-electron chi connectivity index (χ0n) is 16.9. The lowest BCUT2D eigenvalue weighted by atomic mass is 9.86. The maximum absolute atomic E-state index is 14.8. The number of hydrogen-bond donors (Lipinski definition) is 3. The number of amides is 1. The van der Waals surface area contributed by atoms with Gasteiger partial charge in [0, 0.05) is 25.2 Å².